The van der Waals surface area contributed by atoms with Gasteiger partial charge in [0.1, 0.15) is 23.0 Å². The average molecular weight is 438 g/mol. The highest BCUT2D eigenvalue weighted by atomic mass is 35.5. The summed E-state index contributed by atoms with van der Waals surface area (Å²) in [5.41, 5.74) is 3.63. The lowest BCUT2D eigenvalue weighted by molar-refractivity contribution is -0.138. The number of benzene rings is 2. The molecule has 4 rings (SSSR count). The molecular weight excluding hydrogens is 414 g/mol. The van der Waals surface area contributed by atoms with Crippen LogP contribution >= 0.6 is 11.6 Å². The molecule has 1 aliphatic rings. The van der Waals surface area contributed by atoms with Crippen molar-refractivity contribution in [2.75, 3.05) is 11.9 Å². The first kappa shape index (κ1) is 21.1. The van der Waals surface area contributed by atoms with Gasteiger partial charge >= 0.3 is 0 Å². The Kier molecular flexibility index (Phi) is 5.83. The van der Waals surface area contributed by atoms with Gasteiger partial charge in [-0.3, -0.25) is 19.5 Å². The number of carbonyl (C=O) groups excluding carboxylic acids is 2. The zero-order valence-corrected chi connectivity index (χ0v) is 18.5. The van der Waals surface area contributed by atoms with Crippen LogP contribution in [-0.4, -0.2) is 29.1 Å². The van der Waals surface area contributed by atoms with Crippen LogP contribution in [0.4, 0.5) is 5.69 Å². The van der Waals surface area contributed by atoms with E-state index in [0.29, 0.717) is 17.5 Å². The number of rotatable bonds is 5. The smallest absolute Gasteiger partial charge is 0.242 e. The number of guanidine groups is 1. The Balaban J connectivity index is 1.66. The molecule has 1 N–H and O–H groups in total. The molecule has 6 nitrogen and oxygen atoms in total. The van der Waals surface area contributed by atoms with Crippen LogP contribution in [0.15, 0.2) is 51.9 Å². The zero-order chi connectivity index (χ0) is 22.1. The first-order valence-corrected chi connectivity index (χ1v) is 10.6. The van der Waals surface area contributed by atoms with Crippen molar-refractivity contribution in [3.8, 4) is 0 Å². The predicted octanol–water partition coefficient (Wildman–Crippen LogP) is 4.97. The van der Waals surface area contributed by atoms with E-state index in [1.807, 2.05) is 37.3 Å². The first-order valence-electron chi connectivity index (χ1n) is 10.3. The van der Waals surface area contributed by atoms with Crippen molar-refractivity contribution < 1.29 is 14.0 Å². The molecule has 2 heterocycles. The van der Waals surface area contributed by atoms with Gasteiger partial charge in [0.05, 0.1) is 13.1 Å². The second kappa shape index (κ2) is 8.55. The molecule has 0 spiro atoms. The number of hydrogen-bond donors (Lipinski definition) is 1. The Hall–Kier alpha value is -3.12. The normalized spacial score (nSPS) is 16.5. The number of aryl methyl sites for hydroxylation is 2. The maximum absolute atomic E-state index is 13.1. The Bertz CT molecular complexity index is 1180. The monoisotopic (exact) mass is 437 g/mol. The fourth-order valence-electron chi connectivity index (χ4n) is 3.78. The largest absolute Gasteiger partial charge is 0.461 e. The number of furan rings is 1. The molecule has 1 aromatic heterocycles. The van der Waals surface area contributed by atoms with E-state index < -0.39 is 5.92 Å². The fourth-order valence-corrected chi connectivity index (χ4v) is 3.91. The van der Waals surface area contributed by atoms with E-state index >= 15 is 0 Å². The lowest BCUT2D eigenvalue weighted by atomic mass is 10.0. The van der Waals surface area contributed by atoms with Crippen molar-refractivity contribution in [3.63, 3.8) is 0 Å². The molecule has 0 saturated carbocycles. The number of nitrogens with one attached hydrogen (secondary N) is 1. The van der Waals surface area contributed by atoms with Gasteiger partial charge in [-0.05, 0) is 55.3 Å². The number of aliphatic imine (C=N–C) groups is 1. The standard InChI is InChI=1S/C24H24ClN3O3/c1-4-21-14(2)19-11-18(9-10-22(19)31-21)27-24-26-12-20(15(3)29)23(30)28(24)13-16-5-7-17(25)8-6-16/h5-11,20H,4,12-13H2,1-3H3,(H,26,27). The molecule has 0 fully saturated rings. The minimum Gasteiger partial charge on any atom is -0.461 e. The molecule has 7 heteroatoms. The molecule has 3 aromatic rings. The van der Waals surface area contributed by atoms with Crippen molar-refractivity contribution >= 4 is 45.9 Å². The summed E-state index contributed by atoms with van der Waals surface area (Å²) in [6.07, 6.45) is 0.825. The van der Waals surface area contributed by atoms with E-state index in [4.69, 9.17) is 16.0 Å². The fraction of sp³-hybridized carbons (Fsp3) is 0.292. The van der Waals surface area contributed by atoms with E-state index in [2.05, 4.69) is 17.2 Å². The SMILES string of the molecule is CCc1oc2ccc(NC3=NCC(C(C)=O)C(=O)N3Cc3ccc(Cl)cc3)cc2c1C. The van der Waals surface area contributed by atoms with Crippen molar-refractivity contribution in [2.24, 2.45) is 10.9 Å². The summed E-state index contributed by atoms with van der Waals surface area (Å²) in [7, 11) is 0. The zero-order valence-electron chi connectivity index (χ0n) is 17.7. The number of ketones is 1. The summed E-state index contributed by atoms with van der Waals surface area (Å²) in [4.78, 5) is 31.1. The van der Waals surface area contributed by atoms with Crippen molar-refractivity contribution in [2.45, 2.75) is 33.7 Å². The first-order chi connectivity index (χ1) is 14.9. The van der Waals surface area contributed by atoms with Crippen molar-refractivity contribution in [3.05, 3.63) is 64.4 Å². The van der Waals surface area contributed by atoms with Crippen LogP contribution in [0.1, 0.15) is 30.7 Å². The van der Waals surface area contributed by atoms with Crippen LogP contribution in [0.3, 0.4) is 0 Å². The molecule has 0 saturated heterocycles. The Morgan fingerprint density at radius 1 is 1.26 bits per heavy atom. The lowest BCUT2D eigenvalue weighted by Gasteiger charge is -2.31. The topological polar surface area (TPSA) is 74.9 Å². The predicted molar refractivity (Wildman–Crippen MR) is 122 cm³/mol. The highest BCUT2D eigenvalue weighted by molar-refractivity contribution is 6.30. The molecule has 160 valence electrons. The second-order valence-electron chi connectivity index (χ2n) is 7.72. The van der Waals surface area contributed by atoms with Gasteiger partial charge in [0.2, 0.25) is 11.9 Å². The summed E-state index contributed by atoms with van der Waals surface area (Å²) in [6, 6.07) is 13.1. The van der Waals surface area contributed by atoms with Crippen LogP contribution in [0.5, 0.6) is 0 Å². The van der Waals surface area contributed by atoms with Gasteiger partial charge in [0.15, 0.2) is 0 Å². The summed E-state index contributed by atoms with van der Waals surface area (Å²) in [5.74, 6) is 0.188. The molecule has 0 aliphatic carbocycles. The Morgan fingerprint density at radius 2 is 2.00 bits per heavy atom. The minimum atomic E-state index is -0.761. The number of Topliss-reactive ketones (excluding diaryl/α,β-unsaturated/α-hetero) is 1. The number of halogens is 1. The average Bonchev–Trinajstić information content (AvgIpc) is 3.07. The minimum absolute atomic E-state index is 0.139. The molecule has 0 bridgehead atoms. The summed E-state index contributed by atoms with van der Waals surface area (Å²) in [5, 5.41) is 4.92. The summed E-state index contributed by atoms with van der Waals surface area (Å²) < 4.78 is 5.89. The van der Waals surface area contributed by atoms with Crippen LogP contribution in [0, 0.1) is 12.8 Å². The summed E-state index contributed by atoms with van der Waals surface area (Å²) in [6.45, 7) is 5.96. The van der Waals surface area contributed by atoms with Crippen molar-refractivity contribution in [1.82, 2.24) is 4.90 Å². The Morgan fingerprint density at radius 3 is 2.68 bits per heavy atom. The molecule has 1 unspecified atom stereocenters. The molecular formula is C24H24ClN3O3. The van der Waals surface area contributed by atoms with Crippen LogP contribution < -0.4 is 5.32 Å². The van der Waals surface area contributed by atoms with Gasteiger partial charge in [-0.15, -0.1) is 0 Å². The van der Waals surface area contributed by atoms with Gasteiger partial charge in [-0.1, -0.05) is 30.7 Å². The molecule has 1 aliphatic heterocycles. The number of nitrogens with zero attached hydrogens (tertiary/aromatic N) is 2. The van der Waals surface area contributed by atoms with E-state index in [0.717, 1.165) is 40.0 Å². The number of amides is 1. The van der Waals surface area contributed by atoms with Gasteiger partial charge in [-0.25, -0.2) is 0 Å². The molecule has 1 atom stereocenters. The van der Waals surface area contributed by atoms with E-state index in [9.17, 15) is 9.59 Å². The molecule has 1 amide bonds. The maximum Gasteiger partial charge on any atom is 0.242 e. The summed E-state index contributed by atoms with van der Waals surface area (Å²) >= 11 is 5.99. The van der Waals surface area contributed by atoms with Gasteiger partial charge in [-0.2, -0.15) is 0 Å². The third-order valence-electron chi connectivity index (χ3n) is 5.60. The van der Waals surface area contributed by atoms with Crippen LogP contribution in [0.2, 0.25) is 5.02 Å². The van der Waals surface area contributed by atoms with Crippen molar-refractivity contribution in [1.29, 1.82) is 0 Å². The van der Waals surface area contributed by atoms with Gasteiger partial charge in [0, 0.05) is 22.5 Å². The van der Waals surface area contributed by atoms with Crippen LogP contribution in [-0.2, 0) is 22.6 Å². The highest BCUT2D eigenvalue weighted by Gasteiger charge is 2.34. The number of fused-ring (bicyclic) bond motifs is 1. The number of carbonyl (C=O) groups is 2. The van der Waals surface area contributed by atoms with Gasteiger partial charge in [0.25, 0.3) is 0 Å². The maximum atomic E-state index is 13.1. The third kappa shape index (κ3) is 4.21. The Labute approximate surface area is 185 Å². The molecule has 2 aromatic carbocycles. The number of hydrogen-bond acceptors (Lipinski definition) is 5. The highest BCUT2D eigenvalue weighted by Crippen LogP contribution is 2.29. The quantitative estimate of drug-likeness (QED) is 0.571. The van der Waals surface area contributed by atoms with E-state index in [-0.39, 0.29) is 18.2 Å². The van der Waals surface area contributed by atoms with Gasteiger partial charge < -0.3 is 9.73 Å². The third-order valence-corrected chi connectivity index (χ3v) is 5.85. The second-order valence-corrected chi connectivity index (χ2v) is 8.15. The molecule has 0 radical (unpaired) electrons. The van der Waals surface area contributed by atoms with E-state index in [1.165, 1.54) is 11.8 Å². The van der Waals surface area contributed by atoms with Crippen LogP contribution in [0.25, 0.3) is 11.0 Å². The van der Waals surface area contributed by atoms with E-state index in [1.54, 1.807) is 12.1 Å². The molecule has 31 heavy (non-hydrogen) atoms. The lowest BCUT2D eigenvalue weighted by Crippen LogP contribution is -2.49. The number of anilines is 1.